The highest BCUT2D eigenvalue weighted by Gasteiger charge is 2.19. The lowest BCUT2D eigenvalue weighted by Gasteiger charge is -2.17. The number of benzene rings is 1. The van der Waals surface area contributed by atoms with E-state index in [2.05, 4.69) is 63.6 Å². The van der Waals surface area contributed by atoms with Gasteiger partial charge < -0.3 is 15.5 Å². The Morgan fingerprint density at radius 1 is 1.22 bits per heavy atom. The maximum Gasteiger partial charge on any atom is 0.222 e. The minimum absolute atomic E-state index is 0.271. The van der Waals surface area contributed by atoms with Gasteiger partial charge in [0.1, 0.15) is 0 Å². The summed E-state index contributed by atoms with van der Waals surface area (Å²) in [5.74, 6) is 1.53. The molecule has 2 aromatic rings. The van der Waals surface area contributed by atoms with Gasteiger partial charge in [-0.15, -0.1) is 0 Å². The molecule has 2 N–H and O–H groups in total. The van der Waals surface area contributed by atoms with Crippen molar-refractivity contribution in [3.63, 3.8) is 0 Å². The van der Waals surface area contributed by atoms with Crippen LogP contribution in [0.2, 0.25) is 0 Å². The summed E-state index contributed by atoms with van der Waals surface area (Å²) < 4.78 is 0. The summed E-state index contributed by atoms with van der Waals surface area (Å²) in [6.07, 6.45) is 1.68. The molecule has 1 atom stereocenters. The standard InChI is InChI=1S/C21H28N4OS/c1-16(19-9-11-27-15-19)12-23-21(22-2)24-13-17-5-7-18(8-6-17)14-25-10-3-4-20(25)26/h5-9,11,15-16H,3-4,10,12-14H2,1-2H3,(H2,22,23,24). The van der Waals surface area contributed by atoms with Crippen LogP contribution in [0.25, 0.3) is 0 Å². The fourth-order valence-electron chi connectivity index (χ4n) is 3.18. The maximum atomic E-state index is 11.7. The van der Waals surface area contributed by atoms with E-state index in [1.54, 1.807) is 18.4 Å². The Hall–Kier alpha value is -2.34. The molecule has 0 radical (unpaired) electrons. The molecular weight excluding hydrogens is 356 g/mol. The summed E-state index contributed by atoms with van der Waals surface area (Å²) in [5.41, 5.74) is 3.73. The second kappa shape index (κ2) is 9.55. The van der Waals surface area contributed by atoms with Crippen LogP contribution in [0.4, 0.5) is 0 Å². The lowest BCUT2D eigenvalue weighted by Crippen LogP contribution is -2.38. The molecule has 27 heavy (non-hydrogen) atoms. The number of nitrogens with zero attached hydrogens (tertiary/aromatic N) is 2. The van der Waals surface area contributed by atoms with Gasteiger partial charge in [0, 0.05) is 39.6 Å². The summed E-state index contributed by atoms with van der Waals surface area (Å²) in [5, 5.41) is 11.1. The largest absolute Gasteiger partial charge is 0.356 e. The highest BCUT2D eigenvalue weighted by molar-refractivity contribution is 7.07. The van der Waals surface area contributed by atoms with Crippen LogP contribution in [0.1, 0.15) is 42.4 Å². The minimum atomic E-state index is 0.271. The average Bonchev–Trinajstić information content (AvgIpc) is 3.35. The van der Waals surface area contributed by atoms with E-state index in [9.17, 15) is 4.79 Å². The molecular formula is C21H28N4OS. The van der Waals surface area contributed by atoms with E-state index in [0.717, 1.165) is 38.6 Å². The molecule has 6 heteroatoms. The van der Waals surface area contributed by atoms with Gasteiger partial charge in [-0.1, -0.05) is 31.2 Å². The summed E-state index contributed by atoms with van der Waals surface area (Å²) >= 11 is 1.73. The molecule has 1 fully saturated rings. The van der Waals surface area contributed by atoms with Crippen LogP contribution in [-0.2, 0) is 17.9 Å². The van der Waals surface area contributed by atoms with E-state index >= 15 is 0 Å². The monoisotopic (exact) mass is 384 g/mol. The van der Waals surface area contributed by atoms with Gasteiger partial charge in [0.2, 0.25) is 5.91 Å². The molecule has 0 bridgehead atoms. The van der Waals surface area contributed by atoms with Crippen molar-refractivity contribution >= 4 is 23.2 Å². The van der Waals surface area contributed by atoms with Crippen LogP contribution in [0, 0.1) is 0 Å². The fourth-order valence-corrected chi connectivity index (χ4v) is 3.97. The lowest BCUT2D eigenvalue weighted by atomic mass is 10.1. The van der Waals surface area contributed by atoms with Crippen molar-refractivity contribution in [1.82, 2.24) is 15.5 Å². The second-order valence-corrected chi connectivity index (χ2v) is 7.78. The molecule has 1 aromatic heterocycles. The Bertz CT molecular complexity index is 755. The fraction of sp³-hybridized carbons (Fsp3) is 0.429. The van der Waals surface area contributed by atoms with Crippen LogP contribution in [0.15, 0.2) is 46.1 Å². The summed E-state index contributed by atoms with van der Waals surface area (Å²) in [7, 11) is 1.79. The van der Waals surface area contributed by atoms with E-state index in [-0.39, 0.29) is 5.91 Å². The minimum Gasteiger partial charge on any atom is -0.356 e. The topological polar surface area (TPSA) is 56.7 Å². The Balaban J connectivity index is 1.44. The van der Waals surface area contributed by atoms with Gasteiger partial charge in [0.05, 0.1) is 0 Å². The number of aliphatic imine (C=N–C) groups is 1. The van der Waals surface area contributed by atoms with Crippen LogP contribution >= 0.6 is 11.3 Å². The first kappa shape index (κ1) is 19.4. The molecule has 0 aliphatic carbocycles. The Morgan fingerprint density at radius 3 is 2.63 bits per heavy atom. The van der Waals surface area contributed by atoms with Crippen LogP contribution in [0.5, 0.6) is 0 Å². The number of amides is 1. The van der Waals surface area contributed by atoms with E-state index in [4.69, 9.17) is 0 Å². The number of carbonyl (C=O) groups excluding carboxylic acids is 1. The van der Waals surface area contributed by atoms with Gasteiger partial charge in [-0.05, 0) is 45.9 Å². The summed E-state index contributed by atoms with van der Waals surface area (Å²) in [6.45, 7) is 5.38. The SMILES string of the molecule is CN=C(NCc1ccc(CN2CCCC2=O)cc1)NCC(C)c1ccsc1. The van der Waals surface area contributed by atoms with Crippen molar-refractivity contribution in [2.45, 2.75) is 38.8 Å². The number of likely N-dealkylation sites (tertiary alicyclic amines) is 1. The third kappa shape index (κ3) is 5.57. The number of rotatable bonds is 7. The van der Waals surface area contributed by atoms with Gasteiger partial charge in [-0.2, -0.15) is 11.3 Å². The number of hydrogen-bond donors (Lipinski definition) is 2. The van der Waals surface area contributed by atoms with E-state index in [1.807, 2.05) is 4.90 Å². The van der Waals surface area contributed by atoms with Gasteiger partial charge in [-0.25, -0.2) is 0 Å². The van der Waals surface area contributed by atoms with Crippen molar-refractivity contribution in [3.8, 4) is 0 Å². The molecule has 2 heterocycles. The summed E-state index contributed by atoms with van der Waals surface area (Å²) in [6, 6.07) is 10.6. The van der Waals surface area contributed by atoms with Gasteiger partial charge in [0.15, 0.2) is 5.96 Å². The molecule has 144 valence electrons. The summed E-state index contributed by atoms with van der Waals surface area (Å²) in [4.78, 5) is 18.0. The molecule has 0 saturated carbocycles. The van der Waals surface area contributed by atoms with Gasteiger partial charge >= 0.3 is 0 Å². The highest BCUT2D eigenvalue weighted by atomic mass is 32.1. The molecule has 1 saturated heterocycles. The zero-order chi connectivity index (χ0) is 19.1. The molecule has 1 aliphatic rings. The number of carbonyl (C=O) groups is 1. The second-order valence-electron chi connectivity index (χ2n) is 7.00. The molecule has 3 rings (SSSR count). The van der Waals surface area contributed by atoms with E-state index in [0.29, 0.717) is 12.3 Å². The first-order chi connectivity index (χ1) is 13.2. The van der Waals surface area contributed by atoms with Crippen LogP contribution in [-0.4, -0.2) is 36.9 Å². The normalized spacial score (nSPS) is 15.9. The maximum absolute atomic E-state index is 11.7. The Labute approximate surface area is 165 Å². The predicted octanol–water partition coefficient (Wildman–Crippen LogP) is 3.34. The molecule has 0 spiro atoms. The van der Waals surface area contributed by atoms with E-state index in [1.165, 1.54) is 16.7 Å². The van der Waals surface area contributed by atoms with Crippen LogP contribution in [0.3, 0.4) is 0 Å². The molecule has 1 aromatic carbocycles. The average molecular weight is 385 g/mol. The third-order valence-electron chi connectivity index (χ3n) is 4.94. The lowest BCUT2D eigenvalue weighted by molar-refractivity contribution is -0.128. The molecule has 1 unspecified atom stereocenters. The molecule has 1 aliphatic heterocycles. The number of thiophene rings is 1. The molecule has 5 nitrogen and oxygen atoms in total. The number of hydrogen-bond acceptors (Lipinski definition) is 3. The highest BCUT2D eigenvalue weighted by Crippen LogP contribution is 2.17. The zero-order valence-corrected chi connectivity index (χ0v) is 16.9. The predicted molar refractivity (Wildman–Crippen MR) is 112 cm³/mol. The van der Waals surface area contributed by atoms with Gasteiger partial charge in [0.25, 0.3) is 0 Å². The van der Waals surface area contributed by atoms with Crippen molar-refractivity contribution in [2.24, 2.45) is 4.99 Å². The quantitative estimate of drug-likeness (QED) is 0.569. The van der Waals surface area contributed by atoms with Crippen molar-refractivity contribution in [2.75, 3.05) is 20.1 Å². The smallest absolute Gasteiger partial charge is 0.222 e. The van der Waals surface area contributed by atoms with Crippen LogP contribution < -0.4 is 10.6 Å². The van der Waals surface area contributed by atoms with Gasteiger partial charge in [-0.3, -0.25) is 9.79 Å². The van der Waals surface area contributed by atoms with Crippen molar-refractivity contribution in [3.05, 3.63) is 57.8 Å². The Kier molecular flexibility index (Phi) is 6.87. The van der Waals surface area contributed by atoms with Crippen molar-refractivity contribution in [1.29, 1.82) is 0 Å². The van der Waals surface area contributed by atoms with Crippen molar-refractivity contribution < 1.29 is 4.79 Å². The molecule has 1 amide bonds. The van der Waals surface area contributed by atoms with E-state index < -0.39 is 0 Å². The first-order valence-electron chi connectivity index (χ1n) is 9.48. The zero-order valence-electron chi connectivity index (χ0n) is 16.1. The first-order valence-corrected chi connectivity index (χ1v) is 10.4. The number of guanidine groups is 1. The number of nitrogens with one attached hydrogen (secondary N) is 2. The Morgan fingerprint density at radius 2 is 2.00 bits per heavy atom. The third-order valence-corrected chi connectivity index (χ3v) is 5.64.